The van der Waals surface area contributed by atoms with E-state index in [0.29, 0.717) is 21.4 Å². The number of imide groups is 1. The number of carbonyl (C=O) groups excluding carboxylic acids is 3. The molecule has 0 saturated carbocycles. The first-order valence-electron chi connectivity index (χ1n) is 13.7. The summed E-state index contributed by atoms with van der Waals surface area (Å²) >= 11 is 0. The van der Waals surface area contributed by atoms with Gasteiger partial charge in [-0.15, -0.1) is 0 Å². The van der Waals surface area contributed by atoms with Gasteiger partial charge in [0.1, 0.15) is 25.8 Å². The average molecular weight is 758 g/mol. The van der Waals surface area contributed by atoms with Crippen molar-refractivity contribution in [3.8, 4) is 0 Å². The van der Waals surface area contributed by atoms with Crippen LogP contribution in [0.15, 0.2) is 80.6 Å². The topological polar surface area (TPSA) is 282 Å². The van der Waals surface area contributed by atoms with E-state index in [2.05, 4.69) is 36.1 Å². The van der Waals surface area contributed by atoms with Crippen molar-refractivity contribution in [2.24, 2.45) is 10.8 Å². The van der Waals surface area contributed by atoms with E-state index in [0.717, 1.165) is 24.3 Å². The first kappa shape index (κ1) is 41.5. The van der Waals surface area contributed by atoms with Crippen LogP contribution in [0.1, 0.15) is 13.8 Å². The largest absolute Gasteiger partial charge is 1.00 e. The Morgan fingerprint density at radius 2 is 1.43 bits per heavy atom. The van der Waals surface area contributed by atoms with Crippen LogP contribution in [0.4, 0.5) is 33.3 Å². The fourth-order valence-corrected chi connectivity index (χ4v) is 5.82. The summed E-state index contributed by atoms with van der Waals surface area (Å²) in [4.78, 5) is 48.1. The van der Waals surface area contributed by atoms with Crippen molar-refractivity contribution in [2.45, 2.75) is 23.6 Å². The third kappa shape index (κ3) is 9.32. The van der Waals surface area contributed by atoms with Crippen LogP contribution in [0.2, 0.25) is 0 Å². The number of benzene rings is 3. The molecule has 4 aromatic rings. The van der Waals surface area contributed by atoms with Gasteiger partial charge in [0, 0.05) is 23.5 Å². The van der Waals surface area contributed by atoms with Gasteiger partial charge in [-0.2, -0.15) is 24.4 Å². The standard InChI is InChI=1S/C28H24FN9O9S2.2Na/c1-3-38-24(40)21(23(30)39)13(2)22(25(38)41)37-36-19-12-17(7-9-20(19)49(45,46)47)32-28-34-26(29)33-27(35-28)31-16-6-4-15-11-18(48(42,43)44)8-5-14(15)10-16;;/h4-12,36H,3H2,1-2H3,(H2,30,39)(H,42,43,44)(H,45,46,47)(H2,31,32,33,34,35);;/q;2*+1/p-2. The monoisotopic (exact) mass is 757 g/mol. The molecule has 5 rings (SSSR count). The molecular weight excluding hydrogens is 735 g/mol. The summed E-state index contributed by atoms with van der Waals surface area (Å²) in [5.41, 5.74) is 6.38. The van der Waals surface area contributed by atoms with Crippen LogP contribution in [0, 0.1) is 6.08 Å². The Balaban J connectivity index is 0.00000351. The Bertz CT molecular complexity index is 2380. The average Bonchev–Trinajstić information content (AvgIpc) is 2.99. The summed E-state index contributed by atoms with van der Waals surface area (Å²) in [6.45, 7) is 2.56. The zero-order valence-corrected chi connectivity index (χ0v) is 32.7. The smallest absolute Gasteiger partial charge is 0.744 e. The van der Waals surface area contributed by atoms with Crippen LogP contribution < -0.4 is 80.9 Å². The zero-order valence-electron chi connectivity index (χ0n) is 27.1. The number of fused-ring (bicyclic) bond motifs is 1. The van der Waals surface area contributed by atoms with E-state index in [1.54, 1.807) is 6.07 Å². The summed E-state index contributed by atoms with van der Waals surface area (Å²) in [6.07, 6.45) is -1.23. The molecule has 0 saturated heterocycles. The molecule has 3 amide bonds. The van der Waals surface area contributed by atoms with Gasteiger partial charge in [-0.1, -0.05) is 12.1 Å². The van der Waals surface area contributed by atoms with Gasteiger partial charge in [0.2, 0.25) is 11.9 Å². The van der Waals surface area contributed by atoms with Gasteiger partial charge in [0.05, 0.1) is 15.5 Å². The van der Waals surface area contributed by atoms with Crippen molar-refractivity contribution in [3.63, 3.8) is 0 Å². The number of carbonyl (C=O) groups is 3. The second-order valence-corrected chi connectivity index (χ2v) is 12.9. The Kier molecular flexibility index (Phi) is 13.2. The maximum Gasteiger partial charge on any atom is 1.00 e. The number of hydrazone groups is 1. The molecular formula is C28H22FN9Na2O9S2. The maximum atomic E-state index is 14.4. The van der Waals surface area contributed by atoms with Crippen LogP contribution in [-0.4, -0.2) is 75.8 Å². The molecule has 0 atom stereocenters. The van der Waals surface area contributed by atoms with Crippen molar-refractivity contribution >= 4 is 83.4 Å². The van der Waals surface area contributed by atoms with E-state index >= 15 is 0 Å². The van der Waals surface area contributed by atoms with Crippen LogP contribution in [0.5, 0.6) is 0 Å². The van der Waals surface area contributed by atoms with E-state index in [1.807, 2.05) is 0 Å². The molecule has 0 fully saturated rings. The molecule has 23 heteroatoms. The minimum atomic E-state index is -5.13. The Morgan fingerprint density at radius 3 is 2.00 bits per heavy atom. The van der Waals surface area contributed by atoms with Gasteiger partial charge >= 0.3 is 65.2 Å². The van der Waals surface area contributed by atoms with Crippen molar-refractivity contribution < 1.29 is 104 Å². The SMILES string of the molecule is CCN1C(=O)C(=NNc2cc(Nc3nc(F)nc(Nc4ccc5cc(S(=O)(=O)[O-])ccc5c4)n3)ccc2S(=O)(=O)[O-])C(C)=C(C(N)=O)C1=O.[Na+].[Na+]. The molecule has 51 heavy (non-hydrogen) atoms. The second kappa shape index (κ2) is 16.2. The number of hydrogen-bond donors (Lipinski definition) is 4. The third-order valence-corrected chi connectivity index (χ3v) is 8.68. The molecule has 0 radical (unpaired) electrons. The van der Waals surface area contributed by atoms with Gasteiger partial charge in [-0.25, -0.2) is 16.8 Å². The van der Waals surface area contributed by atoms with Crippen molar-refractivity contribution in [1.82, 2.24) is 19.9 Å². The fraction of sp³-hybridized carbons (Fsp3) is 0.107. The van der Waals surface area contributed by atoms with E-state index in [9.17, 15) is 44.7 Å². The molecule has 0 bridgehead atoms. The third-order valence-electron chi connectivity index (χ3n) is 6.96. The molecule has 254 valence electrons. The van der Waals surface area contributed by atoms with E-state index in [-0.39, 0.29) is 88.8 Å². The number of nitrogens with two attached hydrogens (primary N) is 1. The Hall–Kier alpha value is -3.90. The maximum absolute atomic E-state index is 14.4. The van der Waals surface area contributed by atoms with Gasteiger partial charge in [0.25, 0.3) is 17.7 Å². The van der Waals surface area contributed by atoms with Gasteiger partial charge in [-0.05, 0) is 67.1 Å². The Morgan fingerprint density at radius 1 is 0.863 bits per heavy atom. The number of rotatable bonds is 10. The minimum Gasteiger partial charge on any atom is -0.744 e. The quantitative estimate of drug-likeness (QED) is 0.0390. The van der Waals surface area contributed by atoms with Gasteiger partial charge in [0.15, 0.2) is 5.71 Å². The molecule has 5 N–H and O–H groups in total. The molecule has 2 heterocycles. The molecule has 0 unspecified atom stereocenters. The van der Waals surface area contributed by atoms with Crippen molar-refractivity contribution in [2.75, 3.05) is 22.6 Å². The molecule has 0 spiro atoms. The number of nitrogens with one attached hydrogen (secondary N) is 3. The minimum absolute atomic E-state index is 0. The molecule has 1 aliphatic rings. The first-order chi connectivity index (χ1) is 23.0. The predicted octanol–water partition coefficient (Wildman–Crippen LogP) is -4.57. The summed E-state index contributed by atoms with van der Waals surface area (Å²) in [7, 11) is -9.79. The summed E-state index contributed by atoms with van der Waals surface area (Å²) in [6, 6.07) is 11.4. The van der Waals surface area contributed by atoms with Gasteiger partial charge in [-0.3, -0.25) is 24.7 Å². The number of nitrogens with zero attached hydrogens (tertiary/aromatic N) is 5. The van der Waals surface area contributed by atoms with Crippen LogP contribution >= 0.6 is 0 Å². The van der Waals surface area contributed by atoms with Crippen LogP contribution in [0.3, 0.4) is 0 Å². The van der Waals surface area contributed by atoms with Crippen molar-refractivity contribution in [3.05, 3.63) is 71.8 Å². The number of aromatic nitrogens is 3. The fourth-order valence-electron chi connectivity index (χ4n) is 4.71. The van der Waals surface area contributed by atoms with Crippen molar-refractivity contribution in [1.29, 1.82) is 0 Å². The normalized spacial score (nSPS) is 14.2. The predicted molar refractivity (Wildman–Crippen MR) is 168 cm³/mol. The van der Waals surface area contributed by atoms with Gasteiger partial charge < -0.3 is 25.5 Å². The first-order valence-corrected chi connectivity index (χ1v) is 16.5. The molecule has 3 aromatic carbocycles. The number of likely N-dealkylation sites (N-methyl/N-ethyl adjacent to an activating group) is 1. The summed E-state index contributed by atoms with van der Waals surface area (Å²) in [5, 5.41) is 10.3. The second-order valence-electron chi connectivity index (χ2n) is 10.1. The molecule has 1 aliphatic heterocycles. The molecule has 18 nitrogen and oxygen atoms in total. The summed E-state index contributed by atoms with van der Waals surface area (Å²) in [5.74, 6) is -3.64. The Labute approximate surface area is 333 Å². The number of halogens is 1. The van der Waals surface area contributed by atoms with Crippen LogP contribution in [-0.2, 0) is 34.6 Å². The number of hydrogen-bond acceptors (Lipinski definition) is 16. The van der Waals surface area contributed by atoms with E-state index < -0.39 is 70.8 Å². The van der Waals surface area contributed by atoms with E-state index in [1.165, 1.54) is 38.1 Å². The molecule has 1 aromatic heterocycles. The van der Waals surface area contributed by atoms with Crippen LogP contribution in [0.25, 0.3) is 10.8 Å². The summed E-state index contributed by atoms with van der Waals surface area (Å²) < 4.78 is 84.4. The zero-order chi connectivity index (χ0) is 35.8. The number of amides is 3. The molecule has 0 aliphatic carbocycles. The number of primary amides is 1. The number of anilines is 5. The van der Waals surface area contributed by atoms with E-state index in [4.69, 9.17) is 5.73 Å².